The van der Waals surface area contributed by atoms with E-state index >= 15 is 0 Å². The lowest BCUT2D eigenvalue weighted by Gasteiger charge is -2.15. The average molecular weight is 359 g/mol. The van der Waals surface area contributed by atoms with Gasteiger partial charge in [0.2, 0.25) is 0 Å². The van der Waals surface area contributed by atoms with Gasteiger partial charge in [0.25, 0.3) is 0 Å². The molecule has 0 heterocycles. The van der Waals surface area contributed by atoms with E-state index in [1.165, 1.54) is 12.1 Å². The molecule has 0 saturated carbocycles. The molecule has 0 fully saturated rings. The van der Waals surface area contributed by atoms with E-state index in [4.69, 9.17) is 22.1 Å². The minimum Gasteiger partial charge on any atom is -0.456 e. The standard InChI is InChI=1S/C15H14BrClFNO/c1-9(19)7-11-13(17)3-2-4-14(11)20-15-8-10(18)5-6-12(15)16/h2-6,8-9H,7,19H2,1H3. The van der Waals surface area contributed by atoms with E-state index in [-0.39, 0.29) is 11.9 Å². The third-order valence-corrected chi connectivity index (χ3v) is 3.72. The van der Waals surface area contributed by atoms with Crippen molar-refractivity contribution in [3.05, 3.63) is 57.3 Å². The first kappa shape index (κ1) is 15.3. The smallest absolute Gasteiger partial charge is 0.144 e. The van der Waals surface area contributed by atoms with Crippen LogP contribution in [0.5, 0.6) is 11.5 Å². The minimum atomic E-state index is -0.362. The van der Waals surface area contributed by atoms with Gasteiger partial charge >= 0.3 is 0 Å². The zero-order valence-electron chi connectivity index (χ0n) is 10.9. The lowest BCUT2D eigenvalue weighted by molar-refractivity contribution is 0.465. The van der Waals surface area contributed by atoms with Crippen LogP contribution in [0.1, 0.15) is 12.5 Å². The molecule has 1 unspecified atom stereocenters. The Morgan fingerprint density at radius 3 is 2.75 bits per heavy atom. The highest BCUT2D eigenvalue weighted by molar-refractivity contribution is 9.10. The van der Waals surface area contributed by atoms with Gasteiger partial charge in [-0.3, -0.25) is 0 Å². The highest BCUT2D eigenvalue weighted by Crippen LogP contribution is 2.35. The van der Waals surface area contributed by atoms with Crippen molar-refractivity contribution in [1.82, 2.24) is 0 Å². The Kier molecular flexibility index (Phi) is 5.02. The topological polar surface area (TPSA) is 35.2 Å². The van der Waals surface area contributed by atoms with Crippen LogP contribution in [0.3, 0.4) is 0 Å². The summed E-state index contributed by atoms with van der Waals surface area (Å²) in [6.07, 6.45) is 0.585. The summed E-state index contributed by atoms with van der Waals surface area (Å²) in [7, 11) is 0. The Labute approximate surface area is 130 Å². The number of ether oxygens (including phenoxy) is 1. The summed E-state index contributed by atoms with van der Waals surface area (Å²) in [6, 6.07) is 9.59. The third kappa shape index (κ3) is 3.72. The van der Waals surface area contributed by atoms with Gasteiger partial charge < -0.3 is 10.5 Å². The summed E-state index contributed by atoms with van der Waals surface area (Å²) < 4.78 is 19.7. The second kappa shape index (κ2) is 6.57. The van der Waals surface area contributed by atoms with Crippen molar-refractivity contribution in [2.75, 3.05) is 0 Å². The molecule has 2 aromatic rings. The summed E-state index contributed by atoms with van der Waals surface area (Å²) in [5.74, 6) is 0.623. The van der Waals surface area contributed by atoms with Crippen molar-refractivity contribution in [2.24, 2.45) is 5.73 Å². The largest absolute Gasteiger partial charge is 0.456 e. The van der Waals surface area contributed by atoms with Crippen LogP contribution in [-0.4, -0.2) is 6.04 Å². The van der Waals surface area contributed by atoms with Gasteiger partial charge in [0.15, 0.2) is 0 Å². The van der Waals surface area contributed by atoms with Crippen molar-refractivity contribution in [2.45, 2.75) is 19.4 Å². The molecule has 0 aromatic heterocycles. The molecule has 0 aliphatic heterocycles. The average Bonchev–Trinajstić information content (AvgIpc) is 2.37. The maximum absolute atomic E-state index is 13.3. The van der Waals surface area contributed by atoms with E-state index in [9.17, 15) is 4.39 Å². The molecule has 2 aromatic carbocycles. The molecule has 2 nitrogen and oxygen atoms in total. The molecule has 0 amide bonds. The van der Waals surface area contributed by atoms with E-state index < -0.39 is 0 Å². The van der Waals surface area contributed by atoms with Crippen LogP contribution in [0.4, 0.5) is 4.39 Å². The Bertz CT molecular complexity index is 619. The monoisotopic (exact) mass is 357 g/mol. The van der Waals surface area contributed by atoms with Crippen molar-refractivity contribution in [3.63, 3.8) is 0 Å². The van der Waals surface area contributed by atoms with E-state index in [0.717, 1.165) is 5.56 Å². The molecule has 5 heteroatoms. The lowest BCUT2D eigenvalue weighted by Crippen LogP contribution is -2.18. The molecule has 20 heavy (non-hydrogen) atoms. The zero-order chi connectivity index (χ0) is 14.7. The van der Waals surface area contributed by atoms with Crippen LogP contribution in [0.2, 0.25) is 5.02 Å². The number of nitrogens with two attached hydrogens (primary N) is 1. The highest BCUT2D eigenvalue weighted by Gasteiger charge is 2.13. The summed E-state index contributed by atoms with van der Waals surface area (Å²) >= 11 is 9.52. The molecule has 2 N–H and O–H groups in total. The molecule has 1 atom stereocenters. The SMILES string of the molecule is CC(N)Cc1c(Cl)cccc1Oc1cc(F)ccc1Br. The second-order valence-electron chi connectivity index (χ2n) is 4.57. The summed E-state index contributed by atoms with van der Waals surface area (Å²) in [6.45, 7) is 1.89. The number of rotatable bonds is 4. The number of benzene rings is 2. The first-order valence-electron chi connectivity index (χ1n) is 6.13. The quantitative estimate of drug-likeness (QED) is 0.841. The minimum absolute atomic E-state index is 0.0480. The maximum Gasteiger partial charge on any atom is 0.144 e. The fraction of sp³-hybridized carbons (Fsp3) is 0.200. The second-order valence-corrected chi connectivity index (χ2v) is 5.84. The van der Waals surface area contributed by atoms with E-state index in [0.29, 0.717) is 27.4 Å². The van der Waals surface area contributed by atoms with Gasteiger partial charge in [-0.15, -0.1) is 0 Å². The first-order valence-corrected chi connectivity index (χ1v) is 7.30. The van der Waals surface area contributed by atoms with Crippen molar-refractivity contribution in [3.8, 4) is 11.5 Å². The molecule has 0 aliphatic carbocycles. The van der Waals surface area contributed by atoms with Crippen LogP contribution in [0.15, 0.2) is 40.9 Å². The normalized spacial score (nSPS) is 12.2. The molecule has 0 saturated heterocycles. The Morgan fingerprint density at radius 1 is 1.30 bits per heavy atom. The van der Waals surface area contributed by atoms with Gasteiger partial charge in [-0.05, 0) is 53.5 Å². The van der Waals surface area contributed by atoms with Gasteiger partial charge in [-0.25, -0.2) is 4.39 Å². The molecule has 0 bridgehead atoms. The summed E-state index contributed by atoms with van der Waals surface area (Å²) in [4.78, 5) is 0. The number of halogens is 3. The summed E-state index contributed by atoms with van der Waals surface area (Å²) in [5.41, 5.74) is 6.65. The van der Waals surface area contributed by atoms with Crippen LogP contribution in [0.25, 0.3) is 0 Å². The van der Waals surface area contributed by atoms with Gasteiger partial charge in [0.05, 0.1) is 4.47 Å². The van der Waals surface area contributed by atoms with Crippen molar-refractivity contribution >= 4 is 27.5 Å². The van der Waals surface area contributed by atoms with Crippen LogP contribution in [0, 0.1) is 5.82 Å². The maximum atomic E-state index is 13.3. The van der Waals surface area contributed by atoms with Crippen molar-refractivity contribution < 1.29 is 9.13 Å². The van der Waals surface area contributed by atoms with Gasteiger partial charge in [-0.2, -0.15) is 0 Å². The summed E-state index contributed by atoms with van der Waals surface area (Å²) in [5, 5.41) is 0.590. The lowest BCUT2D eigenvalue weighted by atomic mass is 10.1. The van der Waals surface area contributed by atoms with Gasteiger partial charge in [0, 0.05) is 22.7 Å². The Morgan fingerprint density at radius 2 is 2.05 bits per heavy atom. The third-order valence-electron chi connectivity index (χ3n) is 2.72. The molecule has 2 rings (SSSR count). The van der Waals surface area contributed by atoms with Crippen LogP contribution >= 0.6 is 27.5 Å². The van der Waals surface area contributed by atoms with Crippen LogP contribution < -0.4 is 10.5 Å². The molecule has 0 aliphatic rings. The molecular formula is C15H14BrClFNO. The molecule has 0 radical (unpaired) electrons. The predicted octanol–water partition coefficient (Wildman–Crippen LogP) is 4.92. The highest BCUT2D eigenvalue weighted by atomic mass is 79.9. The van der Waals surface area contributed by atoms with E-state index in [1.54, 1.807) is 24.3 Å². The zero-order valence-corrected chi connectivity index (χ0v) is 13.2. The number of hydrogen-bond donors (Lipinski definition) is 1. The fourth-order valence-electron chi connectivity index (χ4n) is 1.83. The van der Waals surface area contributed by atoms with Gasteiger partial charge in [-0.1, -0.05) is 17.7 Å². The van der Waals surface area contributed by atoms with E-state index in [2.05, 4.69) is 15.9 Å². The predicted molar refractivity (Wildman–Crippen MR) is 83.0 cm³/mol. The first-order chi connectivity index (χ1) is 9.47. The van der Waals surface area contributed by atoms with Crippen LogP contribution in [-0.2, 0) is 6.42 Å². The Balaban J connectivity index is 2.38. The van der Waals surface area contributed by atoms with E-state index in [1.807, 2.05) is 6.92 Å². The van der Waals surface area contributed by atoms with Crippen molar-refractivity contribution in [1.29, 1.82) is 0 Å². The molecular weight excluding hydrogens is 345 g/mol. The van der Waals surface area contributed by atoms with Gasteiger partial charge in [0.1, 0.15) is 17.3 Å². The fourth-order valence-corrected chi connectivity index (χ4v) is 2.40. The molecule has 0 spiro atoms. The Hall–Kier alpha value is -1.10. The number of hydrogen-bond acceptors (Lipinski definition) is 2. The molecule has 106 valence electrons.